The number of hydrogen-bond acceptors (Lipinski definition) is 5. The van der Waals surface area contributed by atoms with Crippen molar-refractivity contribution < 1.29 is 4.79 Å². The van der Waals surface area contributed by atoms with Crippen LogP contribution in [0.2, 0.25) is 0 Å². The maximum atomic E-state index is 13.3. The van der Waals surface area contributed by atoms with Crippen LogP contribution in [0, 0.1) is 0 Å². The van der Waals surface area contributed by atoms with Gasteiger partial charge in [0.05, 0.1) is 28.6 Å². The van der Waals surface area contributed by atoms with Crippen LogP contribution in [0.25, 0.3) is 38.1 Å². The van der Waals surface area contributed by atoms with Crippen molar-refractivity contribution in [2.24, 2.45) is 5.10 Å². The predicted molar refractivity (Wildman–Crippen MR) is 155 cm³/mol. The van der Waals surface area contributed by atoms with Gasteiger partial charge in [0.1, 0.15) is 0 Å². The molecule has 0 saturated carbocycles. The van der Waals surface area contributed by atoms with E-state index in [0.717, 1.165) is 27.1 Å². The third-order valence-electron chi connectivity index (χ3n) is 6.29. The number of rotatable bonds is 6. The van der Waals surface area contributed by atoms with Gasteiger partial charge in [-0.1, -0.05) is 90.6 Å². The first-order valence-electron chi connectivity index (χ1n) is 12.1. The lowest BCUT2D eigenvalue weighted by Crippen LogP contribution is -2.24. The molecule has 0 aliphatic heterocycles. The van der Waals surface area contributed by atoms with E-state index in [1.807, 2.05) is 66.7 Å². The lowest BCUT2D eigenvalue weighted by molar-refractivity contribution is -0.118. The van der Waals surface area contributed by atoms with Crippen molar-refractivity contribution in [3.63, 3.8) is 0 Å². The number of hydrazone groups is 1. The Morgan fingerprint density at radius 1 is 0.816 bits per heavy atom. The van der Waals surface area contributed by atoms with Gasteiger partial charge in [-0.05, 0) is 51.9 Å². The average Bonchev–Trinajstić information content (AvgIpc) is 2.96. The Labute approximate surface area is 222 Å². The van der Waals surface area contributed by atoms with Gasteiger partial charge in [-0.3, -0.25) is 14.2 Å². The molecule has 1 amide bonds. The van der Waals surface area contributed by atoms with Gasteiger partial charge in [0, 0.05) is 5.56 Å². The van der Waals surface area contributed by atoms with E-state index in [-0.39, 0.29) is 17.2 Å². The number of amides is 1. The van der Waals surface area contributed by atoms with E-state index in [2.05, 4.69) is 45.8 Å². The highest BCUT2D eigenvalue weighted by Gasteiger charge is 2.14. The Morgan fingerprint density at radius 2 is 1.42 bits per heavy atom. The number of thioether (sulfide) groups is 1. The largest absolute Gasteiger partial charge is 0.272 e. The van der Waals surface area contributed by atoms with Crippen LogP contribution in [0.4, 0.5) is 0 Å². The van der Waals surface area contributed by atoms with Gasteiger partial charge in [0.2, 0.25) is 0 Å². The second kappa shape index (κ2) is 10.3. The Morgan fingerprint density at radius 3 is 2.13 bits per heavy atom. The summed E-state index contributed by atoms with van der Waals surface area (Å²) in [7, 11) is 0. The second-order valence-corrected chi connectivity index (χ2v) is 9.64. The molecule has 0 fully saturated rings. The molecular weight excluding hydrogens is 492 g/mol. The molecule has 6 aromatic rings. The van der Waals surface area contributed by atoms with Gasteiger partial charge in [0.25, 0.3) is 11.5 Å². The summed E-state index contributed by atoms with van der Waals surface area (Å²) in [5.41, 5.74) is 4.69. The molecule has 0 atom stereocenters. The number of nitrogens with one attached hydrogen (secondary N) is 1. The van der Waals surface area contributed by atoms with Gasteiger partial charge in [-0.15, -0.1) is 0 Å². The van der Waals surface area contributed by atoms with Gasteiger partial charge >= 0.3 is 0 Å². The minimum absolute atomic E-state index is 0.0469. The number of carbonyl (C=O) groups excluding carboxylic acids is 1. The standard InChI is InChI=1S/C31H22N4O2S/c36-29(34-32-19-27-24-14-6-4-10-21(24)18-22-11-5-7-15-25(22)27)20-38-31-33-28-17-9-8-16-26(28)30(37)35(31)23-12-2-1-3-13-23/h1-19H,20H2,(H,34,36)/b32-19+. The zero-order chi connectivity index (χ0) is 25.9. The zero-order valence-corrected chi connectivity index (χ0v) is 21.1. The van der Waals surface area contributed by atoms with Gasteiger partial charge in [0.15, 0.2) is 5.16 Å². The lowest BCUT2D eigenvalue weighted by atomic mass is 9.97. The summed E-state index contributed by atoms with van der Waals surface area (Å²) in [5, 5.41) is 9.58. The van der Waals surface area contributed by atoms with Crippen molar-refractivity contribution in [1.29, 1.82) is 0 Å². The fraction of sp³-hybridized carbons (Fsp3) is 0.0323. The van der Waals surface area contributed by atoms with E-state index in [4.69, 9.17) is 0 Å². The number of carbonyl (C=O) groups is 1. The van der Waals surface area contributed by atoms with E-state index >= 15 is 0 Å². The summed E-state index contributed by atoms with van der Waals surface area (Å²) in [6, 6.07) is 34.9. The Bertz CT molecular complexity index is 1840. The van der Waals surface area contributed by atoms with Gasteiger partial charge in [-0.25, -0.2) is 10.4 Å². The Hall–Kier alpha value is -4.75. The summed E-state index contributed by atoms with van der Waals surface area (Å²) in [4.78, 5) is 30.8. The fourth-order valence-electron chi connectivity index (χ4n) is 4.53. The highest BCUT2D eigenvalue weighted by molar-refractivity contribution is 7.99. The van der Waals surface area contributed by atoms with Crippen LogP contribution >= 0.6 is 11.8 Å². The average molecular weight is 515 g/mol. The van der Waals surface area contributed by atoms with Crippen molar-refractivity contribution in [3.05, 3.63) is 125 Å². The number of nitrogens with zero attached hydrogens (tertiary/aromatic N) is 3. The predicted octanol–water partition coefficient (Wildman–Crippen LogP) is 5.93. The van der Waals surface area contributed by atoms with Crippen molar-refractivity contribution in [2.75, 3.05) is 5.75 Å². The summed E-state index contributed by atoms with van der Waals surface area (Å²) in [6.07, 6.45) is 1.70. The number of hydrogen-bond donors (Lipinski definition) is 1. The van der Waals surface area contributed by atoms with Crippen LogP contribution in [0.1, 0.15) is 5.56 Å². The molecular formula is C31H22N4O2S. The van der Waals surface area contributed by atoms with Crippen LogP contribution in [-0.2, 0) is 4.79 Å². The molecule has 6 rings (SSSR count). The van der Waals surface area contributed by atoms with E-state index in [1.165, 1.54) is 11.8 Å². The summed E-state index contributed by atoms with van der Waals surface area (Å²) in [6.45, 7) is 0. The van der Waals surface area contributed by atoms with Gasteiger partial charge in [-0.2, -0.15) is 5.10 Å². The van der Waals surface area contributed by atoms with Crippen molar-refractivity contribution in [3.8, 4) is 5.69 Å². The topological polar surface area (TPSA) is 76.3 Å². The smallest absolute Gasteiger partial charge is 0.266 e. The SMILES string of the molecule is O=C(CSc1nc2ccccc2c(=O)n1-c1ccccc1)N/N=C/c1c2ccccc2cc2ccccc12. The molecule has 0 bridgehead atoms. The Balaban J connectivity index is 1.26. The van der Waals surface area contributed by atoms with Crippen LogP contribution in [-0.4, -0.2) is 27.4 Å². The molecule has 0 aliphatic carbocycles. The first kappa shape index (κ1) is 23.6. The molecule has 1 heterocycles. The monoisotopic (exact) mass is 514 g/mol. The Kier molecular flexibility index (Phi) is 6.42. The molecule has 0 unspecified atom stereocenters. The minimum Gasteiger partial charge on any atom is -0.272 e. The normalized spacial score (nSPS) is 11.5. The molecule has 7 heteroatoms. The number of para-hydroxylation sites is 2. The quantitative estimate of drug-likeness (QED) is 0.0982. The van der Waals surface area contributed by atoms with Crippen LogP contribution in [0.3, 0.4) is 0 Å². The maximum absolute atomic E-state index is 13.3. The number of benzene rings is 5. The van der Waals surface area contributed by atoms with Crippen molar-refractivity contribution >= 4 is 56.3 Å². The summed E-state index contributed by atoms with van der Waals surface area (Å²) >= 11 is 1.20. The number of aromatic nitrogens is 2. The highest BCUT2D eigenvalue weighted by atomic mass is 32.2. The minimum atomic E-state index is -0.294. The molecule has 0 spiro atoms. The molecule has 1 N–H and O–H groups in total. The van der Waals surface area contributed by atoms with Gasteiger partial charge < -0.3 is 0 Å². The van der Waals surface area contributed by atoms with Crippen LogP contribution in [0.5, 0.6) is 0 Å². The van der Waals surface area contributed by atoms with Crippen molar-refractivity contribution in [2.45, 2.75) is 5.16 Å². The summed E-state index contributed by atoms with van der Waals surface area (Å²) in [5.74, 6) is -0.247. The van der Waals surface area contributed by atoms with E-state index in [1.54, 1.807) is 22.9 Å². The third kappa shape index (κ3) is 4.55. The molecule has 184 valence electrons. The molecule has 6 nitrogen and oxygen atoms in total. The first-order valence-corrected chi connectivity index (χ1v) is 13.1. The first-order chi connectivity index (χ1) is 18.7. The third-order valence-corrected chi connectivity index (χ3v) is 7.23. The van der Waals surface area contributed by atoms with Crippen LogP contribution in [0.15, 0.2) is 124 Å². The zero-order valence-electron chi connectivity index (χ0n) is 20.2. The molecule has 0 radical (unpaired) electrons. The van der Waals surface area contributed by atoms with Crippen LogP contribution < -0.4 is 11.0 Å². The van der Waals surface area contributed by atoms with E-state index < -0.39 is 0 Å². The molecule has 0 saturated heterocycles. The molecule has 38 heavy (non-hydrogen) atoms. The number of fused-ring (bicyclic) bond motifs is 3. The molecule has 5 aromatic carbocycles. The second-order valence-electron chi connectivity index (χ2n) is 8.70. The van der Waals surface area contributed by atoms with E-state index in [9.17, 15) is 9.59 Å². The highest BCUT2D eigenvalue weighted by Crippen LogP contribution is 2.27. The lowest BCUT2D eigenvalue weighted by Gasteiger charge is -2.12. The fourth-order valence-corrected chi connectivity index (χ4v) is 5.34. The maximum Gasteiger partial charge on any atom is 0.266 e. The molecule has 1 aromatic heterocycles. The molecule has 0 aliphatic rings. The summed E-state index contributed by atoms with van der Waals surface area (Å²) < 4.78 is 1.55. The van der Waals surface area contributed by atoms with Crippen molar-refractivity contribution in [1.82, 2.24) is 15.0 Å². The van der Waals surface area contributed by atoms with E-state index in [0.29, 0.717) is 21.7 Å².